The Labute approximate surface area is 190 Å². The van der Waals surface area contributed by atoms with Gasteiger partial charge in [-0.2, -0.15) is 0 Å². The number of halogens is 1. The fourth-order valence-corrected chi connectivity index (χ4v) is 4.15. The highest BCUT2D eigenvalue weighted by molar-refractivity contribution is 7.99. The maximum absolute atomic E-state index is 12.4. The van der Waals surface area contributed by atoms with Crippen molar-refractivity contribution in [3.63, 3.8) is 0 Å². The third kappa shape index (κ3) is 6.32. The van der Waals surface area contributed by atoms with Gasteiger partial charge < -0.3 is 15.2 Å². The number of amides is 2. The maximum atomic E-state index is 12.4. The Morgan fingerprint density at radius 3 is 2.42 bits per heavy atom. The second kappa shape index (κ2) is 10.5. The predicted molar refractivity (Wildman–Crippen MR) is 125 cm³/mol. The third-order valence-corrected chi connectivity index (χ3v) is 5.71. The average molecular weight is 458 g/mol. The number of aryl methyl sites for hydroxylation is 2. The maximum Gasteiger partial charge on any atom is 0.234 e. The fourth-order valence-electron chi connectivity index (χ4n) is 3.15. The molecule has 0 fully saturated rings. The van der Waals surface area contributed by atoms with Gasteiger partial charge in [-0.25, -0.2) is 0 Å². The zero-order chi connectivity index (χ0) is 22.4. The predicted octanol–water partition coefficient (Wildman–Crippen LogP) is 4.48. The Hall–Kier alpha value is -2.84. The van der Waals surface area contributed by atoms with E-state index >= 15 is 0 Å². The van der Waals surface area contributed by atoms with Crippen molar-refractivity contribution in [2.45, 2.75) is 38.9 Å². The van der Waals surface area contributed by atoms with Crippen molar-refractivity contribution in [3.05, 3.63) is 64.4 Å². The molecular formula is C22H24ClN5O2S. The van der Waals surface area contributed by atoms with Crippen LogP contribution in [0.5, 0.6) is 0 Å². The molecule has 0 saturated heterocycles. The van der Waals surface area contributed by atoms with Gasteiger partial charge in [0.2, 0.25) is 11.8 Å². The third-order valence-electron chi connectivity index (χ3n) is 4.41. The monoisotopic (exact) mass is 457 g/mol. The van der Waals surface area contributed by atoms with Gasteiger partial charge in [-0.15, -0.1) is 10.2 Å². The number of thioether (sulfide) groups is 1. The van der Waals surface area contributed by atoms with Crippen LogP contribution < -0.4 is 10.6 Å². The van der Waals surface area contributed by atoms with Crippen LogP contribution in [0.2, 0.25) is 5.02 Å². The lowest BCUT2D eigenvalue weighted by Gasteiger charge is -2.09. The second-order valence-corrected chi connectivity index (χ2v) is 8.41. The normalized spacial score (nSPS) is 10.7. The molecule has 0 unspecified atom stereocenters. The molecule has 0 saturated carbocycles. The van der Waals surface area contributed by atoms with Gasteiger partial charge >= 0.3 is 0 Å². The Balaban J connectivity index is 1.59. The van der Waals surface area contributed by atoms with Crippen LogP contribution in [-0.4, -0.2) is 32.3 Å². The lowest BCUT2D eigenvalue weighted by Crippen LogP contribution is -2.18. The molecule has 2 amide bonds. The van der Waals surface area contributed by atoms with Gasteiger partial charge in [-0.1, -0.05) is 41.6 Å². The number of para-hydroxylation sites is 1. The smallest absolute Gasteiger partial charge is 0.234 e. The molecule has 0 radical (unpaired) electrons. The number of benzene rings is 2. The number of nitrogens with zero attached hydrogens (tertiary/aromatic N) is 3. The van der Waals surface area contributed by atoms with Crippen LogP contribution in [0.3, 0.4) is 0 Å². The van der Waals surface area contributed by atoms with Crippen molar-refractivity contribution in [3.8, 4) is 0 Å². The van der Waals surface area contributed by atoms with Crippen LogP contribution in [0.15, 0.2) is 47.6 Å². The molecule has 0 aliphatic rings. The molecule has 31 heavy (non-hydrogen) atoms. The van der Waals surface area contributed by atoms with Crippen molar-refractivity contribution >= 4 is 46.6 Å². The van der Waals surface area contributed by atoms with E-state index in [1.165, 1.54) is 11.8 Å². The van der Waals surface area contributed by atoms with E-state index in [4.69, 9.17) is 11.6 Å². The first kappa shape index (κ1) is 22.8. The van der Waals surface area contributed by atoms with E-state index in [9.17, 15) is 9.59 Å². The highest BCUT2D eigenvalue weighted by Gasteiger charge is 2.16. The first-order valence-electron chi connectivity index (χ1n) is 9.83. The molecule has 9 heteroatoms. The Morgan fingerprint density at radius 2 is 1.74 bits per heavy atom. The molecule has 0 aliphatic carbocycles. The number of rotatable bonds is 8. The second-order valence-electron chi connectivity index (χ2n) is 7.06. The van der Waals surface area contributed by atoms with Gasteiger partial charge in [0.05, 0.1) is 22.9 Å². The summed E-state index contributed by atoms with van der Waals surface area (Å²) in [6.07, 6.45) is 0.0569. The minimum atomic E-state index is -0.237. The van der Waals surface area contributed by atoms with E-state index in [0.29, 0.717) is 28.2 Å². The Kier molecular flexibility index (Phi) is 7.70. The molecule has 162 valence electrons. The number of carbonyl (C=O) groups excluding carboxylic acids is 2. The standard InChI is InChI=1S/C22H24ClN5O2S/c1-4-28-19(12-20(29)25-18-8-6-5-7-17(18)23)26-27-22(28)31-13-21(30)24-16-10-14(2)9-15(3)11-16/h5-11H,4,12-13H2,1-3H3,(H,24,30)(H,25,29). The van der Waals surface area contributed by atoms with Crippen LogP contribution in [0, 0.1) is 13.8 Å². The van der Waals surface area contributed by atoms with E-state index in [1.807, 2.05) is 37.5 Å². The summed E-state index contributed by atoms with van der Waals surface area (Å²) in [6.45, 7) is 6.51. The van der Waals surface area contributed by atoms with Crippen LogP contribution in [0.1, 0.15) is 23.9 Å². The molecule has 0 atom stereocenters. The van der Waals surface area contributed by atoms with E-state index < -0.39 is 0 Å². The molecule has 1 aromatic heterocycles. The average Bonchev–Trinajstić information content (AvgIpc) is 3.08. The minimum absolute atomic E-state index is 0.0569. The number of hydrogen-bond acceptors (Lipinski definition) is 5. The summed E-state index contributed by atoms with van der Waals surface area (Å²) in [5, 5.41) is 15.1. The number of nitrogens with one attached hydrogen (secondary N) is 2. The molecular weight excluding hydrogens is 434 g/mol. The van der Waals surface area contributed by atoms with Crippen LogP contribution >= 0.6 is 23.4 Å². The summed E-state index contributed by atoms with van der Waals surface area (Å²) in [5.74, 6) is 0.360. The van der Waals surface area contributed by atoms with Crippen molar-refractivity contribution in [2.75, 3.05) is 16.4 Å². The largest absolute Gasteiger partial charge is 0.325 e. The van der Waals surface area contributed by atoms with Gasteiger partial charge in [-0.05, 0) is 56.2 Å². The molecule has 0 aliphatic heterocycles. The lowest BCUT2D eigenvalue weighted by molar-refractivity contribution is -0.116. The summed E-state index contributed by atoms with van der Waals surface area (Å²) < 4.78 is 1.83. The van der Waals surface area contributed by atoms with E-state index in [1.54, 1.807) is 24.3 Å². The molecule has 0 spiro atoms. The molecule has 7 nitrogen and oxygen atoms in total. The number of carbonyl (C=O) groups is 2. The number of aromatic nitrogens is 3. The van der Waals surface area contributed by atoms with Crippen LogP contribution in [0.4, 0.5) is 11.4 Å². The first-order valence-corrected chi connectivity index (χ1v) is 11.2. The quantitative estimate of drug-likeness (QED) is 0.487. The Bertz CT molecular complexity index is 1080. The Morgan fingerprint density at radius 1 is 1.03 bits per heavy atom. The van der Waals surface area contributed by atoms with Crippen molar-refractivity contribution in [1.82, 2.24) is 14.8 Å². The van der Waals surface area contributed by atoms with Crippen LogP contribution in [0.25, 0.3) is 0 Å². The highest BCUT2D eigenvalue weighted by atomic mass is 35.5. The van der Waals surface area contributed by atoms with E-state index in [2.05, 4.69) is 26.9 Å². The fraction of sp³-hybridized carbons (Fsp3) is 0.273. The van der Waals surface area contributed by atoms with Crippen molar-refractivity contribution in [1.29, 1.82) is 0 Å². The zero-order valence-electron chi connectivity index (χ0n) is 17.6. The molecule has 3 rings (SSSR count). The molecule has 2 N–H and O–H groups in total. The lowest BCUT2D eigenvalue weighted by atomic mass is 10.1. The van der Waals surface area contributed by atoms with Gasteiger partial charge in [0.1, 0.15) is 5.82 Å². The first-order chi connectivity index (χ1) is 14.9. The van der Waals surface area contributed by atoms with Gasteiger partial charge in [0, 0.05) is 12.2 Å². The topological polar surface area (TPSA) is 88.9 Å². The van der Waals surface area contributed by atoms with Gasteiger partial charge in [0.15, 0.2) is 5.16 Å². The number of anilines is 2. The SMILES string of the molecule is CCn1c(CC(=O)Nc2ccccc2Cl)nnc1SCC(=O)Nc1cc(C)cc(C)c1. The van der Waals surface area contributed by atoms with Crippen molar-refractivity contribution in [2.24, 2.45) is 0 Å². The van der Waals surface area contributed by atoms with E-state index in [-0.39, 0.29) is 24.0 Å². The molecule has 2 aromatic carbocycles. The summed E-state index contributed by atoms with van der Waals surface area (Å²) >= 11 is 7.38. The van der Waals surface area contributed by atoms with Crippen LogP contribution in [-0.2, 0) is 22.6 Å². The molecule has 3 aromatic rings. The summed E-state index contributed by atoms with van der Waals surface area (Å²) in [7, 11) is 0. The van der Waals surface area contributed by atoms with E-state index in [0.717, 1.165) is 16.8 Å². The summed E-state index contributed by atoms with van der Waals surface area (Å²) in [5.41, 5.74) is 3.51. The van der Waals surface area contributed by atoms with Gasteiger partial charge in [-0.3, -0.25) is 9.59 Å². The van der Waals surface area contributed by atoms with Gasteiger partial charge in [0.25, 0.3) is 0 Å². The summed E-state index contributed by atoms with van der Waals surface area (Å²) in [4.78, 5) is 24.8. The molecule has 0 bridgehead atoms. The zero-order valence-corrected chi connectivity index (χ0v) is 19.2. The molecule has 1 heterocycles. The number of hydrogen-bond donors (Lipinski definition) is 2. The minimum Gasteiger partial charge on any atom is -0.325 e. The highest BCUT2D eigenvalue weighted by Crippen LogP contribution is 2.22. The summed E-state index contributed by atoms with van der Waals surface area (Å²) in [6, 6.07) is 13.0. The van der Waals surface area contributed by atoms with Crippen molar-refractivity contribution < 1.29 is 9.59 Å².